The van der Waals surface area contributed by atoms with Crippen LogP contribution in [0.25, 0.3) is 0 Å². The highest BCUT2D eigenvalue weighted by molar-refractivity contribution is 7.99. The molecule has 2 rings (SSSR count). The molecule has 1 heterocycles. The van der Waals surface area contributed by atoms with Gasteiger partial charge >= 0.3 is 0 Å². The Hall–Kier alpha value is -1.03. The zero-order valence-corrected chi connectivity index (χ0v) is 14.0. The highest BCUT2D eigenvalue weighted by Crippen LogP contribution is 2.25. The van der Waals surface area contributed by atoms with Gasteiger partial charge in [0.15, 0.2) is 0 Å². The van der Waals surface area contributed by atoms with Gasteiger partial charge in [-0.1, -0.05) is 43.4 Å². The molecule has 0 aromatic heterocycles. The first-order chi connectivity index (χ1) is 10.7. The van der Waals surface area contributed by atoms with Gasteiger partial charge in [-0.25, -0.2) is 0 Å². The van der Waals surface area contributed by atoms with Gasteiger partial charge in [0.25, 0.3) is 0 Å². The largest absolute Gasteiger partial charge is 0.393 e. The van der Waals surface area contributed by atoms with E-state index in [0.29, 0.717) is 6.42 Å². The maximum Gasteiger partial charge on any atom is 0.0794 e. The van der Waals surface area contributed by atoms with E-state index >= 15 is 0 Å². The zero-order chi connectivity index (χ0) is 15.8. The molecule has 1 aliphatic heterocycles. The Kier molecular flexibility index (Phi) is 7.23. The van der Waals surface area contributed by atoms with Gasteiger partial charge < -0.3 is 9.84 Å². The smallest absolute Gasteiger partial charge is 0.0794 e. The second kappa shape index (κ2) is 9.19. The van der Waals surface area contributed by atoms with E-state index in [1.807, 2.05) is 24.3 Å². The molecule has 3 heteroatoms. The zero-order valence-electron chi connectivity index (χ0n) is 13.2. The lowest BCUT2D eigenvalue weighted by atomic mass is 9.97. The van der Waals surface area contributed by atoms with Crippen LogP contribution in [0.1, 0.15) is 26.2 Å². The van der Waals surface area contributed by atoms with Gasteiger partial charge in [0.2, 0.25) is 0 Å². The van der Waals surface area contributed by atoms with Gasteiger partial charge in [-0.15, -0.1) is 18.3 Å². The van der Waals surface area contributed by atoms with E-state index in [-0.39, 0.29) is 24.2 Å². The van der Waals surface area contributed by atoms with Crippen LogP contribution in [0.3, 0.4) is 0 Å². The Bertz CT molecular complexity index is 472. The molecule has 0 aliphatic carbocycles. The van der Waals surface area contributed by atoms with Crippen LogP contribution in [-0.4, -0.2) is 29.2 Å². The number of thioether (sulfide) groups is 1. The highest BCUT2D eigenvalue weighted by atomic mass is 32.2. The summed E-state index contributed by atoms with van der Waals surface area (Å²) >= 11 is 1.80. The van der Waals surface area contributed by atoms with Gasteiger partial charge in [-0.05, 0) is 30.9 Å². The van der Waals surface area contributed by atoms with Crippen molar-refractivity contribution in [1.82, 2.24) is 0 Å². The van der Waals surface area contributed by atoms with Gasteiger partial charge in [-0.3, -0.25) is 0 Å². The summed E-state index contributed by atoms with van der Waals surface area (Å²) in [4.78, 5) is 1.25. The molecular weight excluding hydrogens is 292 g/mol. The third-order valence-corrected chi connectivity index (χ3v) is 5.23. The molecule has 4 atom stereocenters. The van der Waals surface area contributed by atoms with E-state index in [4.69, 9.17) is 4.74 Å². The fourth-order valence-corrected chi connectivity index (χ4v) is 3.56. The van der Waals surface area contributed by atoms with E-state index in [2.05, 4.69) is 37.8 Å². The fourth-order valence-electron chi connectivity index (χ4n) is 2.54. The number of ether oxygens (including phenoxy) is 1. The summed E-state index contributed by atoms with van der Waals surface area (Å²) in [6, 6.07) is 10.3. The summed E-state index contributed by atoms with van der Waals surface area (Å²) in [5.74, 6) is 1.17. The molecule has 0 amide bonds. The second-order valence-electron chi connectivity index (χ2n) is 5.89. The fraction of sp³-hybridized carbons (Fsp3) is 0.474. The molecule has 1 aliphatic rings. The minimum atomic E-state index is -0.322. The van der Waals surface area contributed by atoms with E-state index in [1.54, 1.807) is 11.8 Å². The molecule has 0 fully saturated rings. The first-order valence-electron chi connectivity index (χ1n) is 7.98. The van der Waals surface area contributed by atoms with Crippen molar-refractivity contribution in [3.05, 3.63) is 55.1 Å². The molecule has 0 spiro atoms. The van der Waals surface area contributed by atoms with Crippen molar-refractivity contribution < 1.29 is 9.84 Å². The third kappa shape index (κ3) is 5.64. The van der Waals surface area contributed by atoms with Crippen molar-refractivity contribution in [3.8, 4) is 0 Å². The van der Waals surface area contributed by atoms with Crippen molar-refractivity contribution in [2.24, 2.45) is 5.92 Å². The molecule has 2 nitrogen and oxygen atoms in total. The quantitative estimate of drug-likeness (QED) is 0.567. The van der Waals surface area contributed by atoms with E-state index in [0.717, 1.165) is 18.6 Å². The number of rotatable bonds is 8. The topological polar surface area (TPSA) is 29.5 Å². The van der Waals surface area contributed by atoms with Crippen LogP contribution < -0.4 is 0 Å². The Balaban J connectivity index is 1.75. The van der Waals surface area contributed by atoms with Gasteiger partial charge in [-0.2, -0.15) is 0 Å². The van der Waals surface area contributed by atoms with Crippen molar-refractivity contribution >= 4 is 11.8 Å². The molecule has 0 radical (unpaired) electrons. The maximum atomic E-state index is 10.4. The van der Waals surface area contributed by atoms with E-state index < -0.39 is 0 Å². The van der Waals surface area contributed by atoms with Gasteiger partial charge in [0.05, 0.1) is 18.3 Å². The Labute approximate surface area is 138 Å². The number of aliphatic hydroxyl groups is 1. The van der Waals surface area contributed by atoms with Crippen LogP contribution in [0.5, 0.6) is 0 Å². The summed E-state index contributed by atoms with van der Waals surface area (Å²) in [5.41, 5.74) is 0. The average Bonchev–Trinajstić information content (AvgIpc) is 2.54. The van der Waals surface area contributed by atoms with Crippen molar-refractivity contribution in [2.75, 3.05) is 5.75 Å². The summed E-state index contributed by atoms with van der Waals surface area (Å²) in [6.45, 7) is 5.87. The van der Waals surface area contributed by atoms with Crippen molar-refractivity contribution in [3.63, 3.8) is 0 Å². The number of hydrogen-bond donors (Lipinski definition) is 1. The minimum Gasteiger partial charge on any atom is -0.393 e. The maximum absolute atomic E-state index is 10.4. The monoisotopic (exact) mass is 318 g/mol. The van der Waals surface area contributed by atoms with Crippen LogP contribution in [0.2, 0.25) is 0 Å². The summed E-state index contributed by atoms with van der Waals surface area (Å²) in [7, 11) is 0. The van der Waals surface area contributed by atoms with Crippen molar-refractivity contribution in [2.45, 2.75) is 49.4 Å². The summed E-state index contributed by atoms with van der Waals surface area (Å²) < 4.78 is 5.99. The molecule has 1 N–H and O–H groups in total. The molecule has 1 aromatic carbocycles. The first-order valence-corrected chi connectivity index (χ1v) is 8.96. The molecule has 22 heavy (non-hydrogen) atoms. The highest BCUT2D eigenvalue weighted by Gasteiger charge is 2.23. The van der Waals surface area contributed by atoms with E-state index in [9.17, 15) is 5.11 Å². The Morgan fingerprint density at radius 3 is 2.91 bits per heavy atom. The van der Waals surface area contributed by atoms with Gasteiger partial charge in [0, 0.05) is 17.1 Å². The normalized spacial score (nSPS) is 23.9. The summed E-state index contributed by atoms with van der Waals surface area (Å²) in [6.07, 6.45) is 8.49. The number of hydrogen-bond acceptors (Lipinski definition) is 3. The summed E-state index contributed by atoms with van der Waals surface area (Å²) in [5, 5.41) is 10.4. The lowest BCUT2D eigenvalue weighted by molar-refractivity contribution is -0.0280. The molecule has 0 saturated carbocycles. The predicted octanol–water partition coefficient (Wildman–Crippen LogP) is 4.46. The van der Waals surface area contributed by atoms with Crippen LogP contribution in [0, 0.1) is 5.92 Å². The number of benzene rings is 1. The second-order valence-corrected chi connectivity index (χ2v) is 6.98. The molecule has 120 valence electrons. The first kappa shape index (κ1) is 17.3. The Morgan fingerprint density at radius 1 is 1.41 bits per heavy atom. The van der Waals surface area contributed by atoms with Gasteiger partial charge in [0.1, 0.15) is 0 Å². The SMILES string of the molecule is C=CC[C@@H]1C=CC[C@@H](C[C@H](O)[C@@H](C)CSc2ccccc2)O1. The van der Waals surface area contributed by atoms with Crippen LogP contribution in [0.4, 0.5) is 0 Å². The number of aliphatic hydroxyl groups excluding tert-OH is 1. The van der Waals surface area contributed by atoms with Crippen LogP contribution >= 0.6 is 11.8 Å². The predicted molar refractivity (Wildman–Crippen MR) is 94.2 cm³/mol. The third-order valence-electron chi connectivity index (χ3n) is 3.93. The molecule has 0 bridgehead atoms. The van der Waals surface area contributed by atoms with E-state index in [1.165, 1.54) is 4.90 Å². The van der Waals surface area contributed by atoms with Crippen LogP contribution in [0.15, 0.2) is 60.0 Å². The Morgan fingerprint density at radius 2 is 2.18 bits per heavy atom. The molecular formula is C19H26O2S. The average molecular weight is 318 g/mol. The lowest BCUT2D eigenvalue weighted by Crippen LogP contribution is -2.31. The van der Waals surface area contributed by atoms with Crippen molar-refractivity contribution in [1.29, 1.82) is 0 Å². The molecule has 0 saturated heterocycles. The van der Waals surface area contributed by atoms with Crippen LogP contribution in [-0.2, 0) is 4.74 Å². The molecule has 0 unspecified atom stereocenters. The standard InChI is InChI=1S/C19H26O2S/c1-3-8-16-9-7-10-17(21-16)13-19(20)15(2)14-22-18-11-5-4-6-12-18/h3-7,9,11-12,15-17,19-20H,1,8,10,13-14H2,2H3/t15-,16+,17-,19-/m0/s1. The minimum absolute atomic E-state index is 0.120. The molecule has 1 aromatic rings. The lowest BCUT2D eigenvalue weighted by Gasteiger charge is -2.29.